The molecule has 1 rings (SSSR count). The molecule has 0 aliphatic rings. The molecule has 0 aromatic heterocycles. The molecule has 78 valence electrons. The van der Waals surface area contributed by atoms with E-state index in [9.17, 15) is 4.79 Å². The highest BCUT2D eigenvalue weighted by Gasteiger charge is 2.19. The van der Waals surface area contributed by atoms with E-state index in [1.165, 1.54) is 5.01 Å². The van der Waals surface area contributed by atoms with Crippen LogP contribution in [0, 0.1) is 11.3 Å². The molecule has 1 unspecified atom stereocenters. The third-order valence-corrected chi connectivity index (χ3v) is 1.86. The Morgan fingerprint density at radius 3 is 2.47 bits per heavy atom. The zero-order valence-corrected chi connectivity index (χ0v) is 8.77. The molecule has 1 N–H and O–H groups in total. The Balaban J connectivity index is 2.82. The van der Waals surface area contributed by atoms with Gasteiger partial charge >= 0.3 is 0 Å². The normalized spacial score (nSPS) is 11.9. The lowest BCUT2D eigenvalue weighted by atomic mass is 10.0. The minimum atomic E-state index is -0.756. The lowest BCUT2D eigenvalue weighted by molar-refractivity contribution is -0.125. The van der Waals surface area contributed by atoms with Crippen LogP contribution in [0.3, 0.4) is 0 Å². The molecule has 1 atom stereocenters. The zero-order chi connectivity index (χ0) is 11.3. The number of hydrogen-bond acceptors (Lipinski definition) is 3. The standard InChI is InChI=1S/C11H13N3O/c1-14(2)13-11(15)10(8-12)9-6-4-3-5-7-9/h3-7,10H,1-2H3,(H,13,15). The Kier molecular flexibility index (Phi) is 3.83. The summed E-state index contributed by atoms with van der Waals surface area (Å²) in [5.74, 6) is -1.07. The van der Waals surface area contributed by atoms with Crippen LogP contribution in [0.5, 0.6) is 0 Å². The number of hydrazine groups is 1. The highest BCUT2D eigenvalue weighted by molar-refractivity contribution is 5.85. The number of carbonyl (C=O) groups excluding carboxylic acids is 1. The first-order chi connectivity index (χ1) is 7.15. The molecular formula is C11H13N3O. The molecule has 0 bridgehead atoms. The first kappa shape index (κ1) is 11.2. The van der Waals surface area contributed by atoms with Crippen molar-refractivity contribution in [3.8, 4) is 6.07 Å². The second-order valence-electron chi connectivity index (χ2n) is 3.34. The van der Waals surface area contributed by atoms with E-state index < -0.39 is 5.92 Å². The summed E-state index contributed by atoms with van der Waals surface area (Å²) in [6.45, 7) is 0. The smallest absolute Gasteiger partial charge is 0.256 e. The van der Waals surface area contributed by atoms with Crippen LogP contribution in [0.4, 0.5) is 0 Å². The van der Waals surface area contributed by atoms with E-state index in [1.54, 1.807) is 26.2 Å². The van der Waals surface area contributed by atoms with Gasteiger partial charge in [-0.1, -0.05) is 30.3 Å². The molecule has 0 aliphatic carbocycles. The third kappa shape index (κ3) is 3.08. The fraction of sp³-hybridized carbons (Fsp3) is 0.273. The van der Waals surface area contributed by atoms with E-state index in [0.29, 0.717) is 5.56 Å². The monoisotopic (exact) mass is 203 g/mol. The molecule has 0 spiro atoms. The summed E-state index contributed by atoms with van der Waals surface area (Å²) in [6, 6.07) is 11.0. The van der Waals surface area contributed by atoms with Crippen LogP contribution in [-0.4, -0.2) is 25.0 Å². The van der Waals surface area contributed by atoms with Gasteiger partial charge in [-0.2, -0.15) is 5.26 Å². The van der Waals surface area contributed by atoms with Gasteiger partial charge in [-0.15, -0.1) is 0 Å². The minimum absolute atomic E-state index is 0.311. The topological polar surface area (TPSA) is 56.1 Å². The van der Waals surface area contributed by atoms with Crippen LogP contribution < -0.4 is 5.43 Å². The molecule has 4 heteroatoms. The Bertz CT molecular complexity index is 367. The second kappa shape index (κ2) is 5.13. The van der Waals surface area contributed by atoms with Crippen molar-refractivity contribution >= 4 is 5.91 Å². The van der Waals surface area contributed by atoms with Gasteiger partial charge < -0.3 is 0 Å². The summed E-state index contributed by atoms with van der Waals surface area (Å²) < 4.78 is 0. The summed E-state index contributed by atoms with van der Waals surface area (Å²) in [7, 11) is 3.41. The minimum Gasteiger partial charge on any atom is -0.288 e. The van der Waals surface area contributed by atoms with Crippen LogP contribution in [0.1, 0.15) is 11.5 Å². The predicted octanol–water partition coefficient (Wildman–Crippen LogP) is 0.887. The molecule has 0 radical (unpaired) electrons. The number of hydrogen-bond donors (Lipinski definition) is 1. The summed E-state index contributed by atoms with van der Waals surface area (Å²) in [5.41, 5.74) is 3.27. The zero-order valence-electron chi connectivity index (χ0n) is 8.77. The van der Waals surface area contributed by atoms with Gasteiger partial charge in [0.2, 0.25) is 0 Å². The molecule has 0 saturated carbocycles. The van der Waals surface area contributed by atoms with Crippen molar-refractivity contribution in [3.05, 3.63) is 35.9 Å². The van der Waals surface area contributed by atoms with Crippen LogP contribution in [-0.2, 0) is 4.79 Å². The van der Waals surface area contributed by atoms with E-state index in [1.807, 2.05) is 24.3 Å². The molecule has 0 saturated heterocycles. The lowest BCUT2D eigenvalue weighted by Gasteiger charge is -2.15. The third-order valence-electron chi connectivity index (χ3n) is 1.86. The van der Waals surface area contributed by atoms with Gasteiger partial charge in [-0.3, -0.25) is 10.2 Å². The summed E-state index contributed by atoms with van der Waals surface area (Å²) in [4.78, 5) is 11.6. The van der Waals surface area contributed by atoms with Crippen molar-refractivity contribution in [1.82, 2.24) is 10.4 Å². The van der Waals surface area contributed by atoms with Crippen molar-refractivity contribution in [2.24, 2.45) is 0 Å². The molecular weight excluding hydrogens is 190 g/mol. The molecule has 1 amide bonds. The Morgan fingerprint density at radius 1 is 1.40 bits per heavy atom. The van der Waals surface area contributed by atoms with Crippen molar-refractivity contribution in [1.29, 1.82) is 5.26 Å². The van der Waals surface area contributed by atoms with E-state index in [-0.39, 0.29) is 5.91 Å². The van der Waals surface area contributed by atoms with Crippen LogP contribution >= 0.6 is 0 Å². The van der Waals surface area contributed by atoms with E-state index in [0.717, 1.165) is 0 Å². The van der Waals surface area contributed by atoms with Gasteiger partial charge in [0.25, 0.3) is 5.91 Å². The molecule has 15 heavy (non-hydrogen) atoms. The second-order valence-corrected chi connectivity index (χ2v) is 3.34. The number of carbonyl (C=O) groups is 1. The quantitative estimate of drug-likeness (QED) is 0.742. The molecule has 1 aromatic carbocycles. The van der Waals surface area contributed by atoms with Crippen LogP contribution in [0.15, 0.2) is 30.3 Å². The molecule has 0 heterocycles. The highest BCUT2D eigenvalue weighted by Crippen LogP contribution is 2.14. The maximum Gasteiger partial charge on any atom is 0.256 e. The fourth-order valence-electron chi connectivity index (χ4n) is 1.21. The number of nitrogens with zero attached hydrogens (tertiary/aromatic N) is 2. The molecule has 0 aliphatic heterocycles. The number of nitrogens with one attached hydrogen (secondary N) is 1. The number of benzene rings is 1. The van der Waals surface area contributed by atoms with E-state index in [2.05, 4.69) is 5.43 Å². The van der Waals surface area contributed by atoms with Gasteiger partial charge in [0.1, 0.15) is 0 Å². The highest BCUT2D eigenvalue weighted by atomic mass is 16.2. The van der Waals surface area contributed by atoms with Crippen molar-refractivity contribution in [2.75, 3.05) is 14.1 Å². The summed E-state index contributed by atoms with van der Waals surface area (Å²) in [5, 5.41) is 10.5. The molecule has 0 fully saturated rings. The van der Waals surface area contributed by atoms with Crippen molar-refractivity contribution < 1.29 is 4.79 Å². The van der Waals surface area contributed by atoms with Gasteiger partial charge in [-0.25, -0.2) is 5.01 Å². The van der Waals surface area contributed by atoms with Crippen molar-refractivity contribution in [2.45, 2.75) is 5.92 Å². The van der Waals surface area contributed by atoms with Crippen LogP contribution in [0.25, 0.3) is 0 Å². The van der Waals surface area contributed by atoms with Gasteiger partial charge in [0.05, 0.1) is 6.07 Å². The number of amides is 1. The average Bonchev–Trinajstić information content (AvgIpc) is 2.19. The van der Waals surface area contributed by atoms with Crippen molar-refractivity contribution in [3.63, 3.8) is 0 Å². The fourth-order valence-corrected chi connectivity index (χ4v) is 1.21. The van der Waals surface area contributed by atoms with Gasteiger partial charge in [-0.05, 0) is 5.56 Å². The SMILES string of the molecule is CN(C)NC(=O)C(C#N)c1ccccc1. The Morgan fingerprint density at radius 2 is 2.00 bits per heavy atom. The van der Waals surface area contributed by atoms with E-state index in [4.69, 9.17) is 5.26 Å². The maximum atomic E-state index is 11.6. The summed E-state index contributed by atoms with van der Waals surface area (Å²) >= 11 is 0. The molecule has 4 nitrogen and oxygen atoms in total. The number of nitriles is 1. The van der Waals surface area contributed by atoms with Gasteiger partial charge in [0.15, 0.2) is 5.92 Å². The number of rotatable bonds is 3. The average molecular weight is 203 g/mol. The van der Waals surface area contributed by atoms with Gasteiger partial charge in [0, 0.05) is 14.1 Å². The Hall–Kier alpha value is -1.86. The first-order valence-electron chi connectivity index (χ1n) is 4.57. The Labute approximate surface area is 89.1 Å². The van der Waals surface area contributed by atoms with E-state index >= 15 is 0 Å². The lowest BCUT2D eigenvalue weighted by Crippen LogP contribution is -2.39. The molecule has 1 aromatic rings. The maximum absolute atomic E-state index is 11.6. The predicted molar refractivity (Wildman–Crippen MR) is 56.6 cm³/mol. The van der Waals surface area contributed by atoms with Crippen LogP contribution in [0.2, 0.25) is 0 Å². The summed E-state index contributed by atoms with van der Waals surface area (Å²) in [6.07, 6.45) is 0. The first-order valence-corrected chi connectivity index (χ1v) is 4.57. The largest absolute Gasteiger partial charge is 0.288 e.